The Morgan fingerprint density at radius 3 is 2.21 bits per heavy atom. The van der Waals surface area contributed by atoms with E-state index in [2.05, 4.69) is 42.8 Å². The van der Waals surface area contributed by atoms with Crippen LogP contribution in [0.3, 0.4) is 0 Å². The lowest BCUT2D eigenvalue weighted by Crippen LogP contribution is -2.28. The highest BCUT2D eigenvalue weighted by molar-refractivity contribution is 7.89. The van der Waals surface area contributed by atoms with Gasteiger partial charge in [-0.3, -0.25) is 0 Å². The predicted molar refractivity (Wildman–Crippen MR) is 80.8 cm³/mol. The van der Waals surface area contributed by atoms with Gasteiger partial charge < -0.3 is 0 Å². The third-order valence-corrected chi connectivity index (χ3v) is 4.47. The molecule has 1 N–H and O–H groups in total. The second-order valence-electron chi connectivity index (χ2n) is 5.38. The Bertz CT molecular complexity index is 463. The molecule has 1 aromatic rings. The molecule has 108 valence electrons. The van der Waals surface area contributed by atoms with E-state index >= 15 is 0 Å². The van der Waals surface area contributed by atoms with E-state index in [9.17, 15) is 8.42 Å². The number of sulfonamides is 1. The van der Waals surface area contributed by atoms with E-state index in [4.69, 9.17) is 0 Å². The third-order valence-electron chi connectivity index (χ3n) is 2.88. The molecule has 0 heterocycles. The Morgan fingerprint density at radius 2 is 1.68 bits per heavy atom. The Morgan fingerprint density at radius 1 is 1.11 bits per heavy atom. The molecule has 4 heteroatoms. The van der Waals surface area contributed by atoms with Gasteiger partial charge in [0.15, 0.2) is 0 Å². The average Bonchev–Trinajstić information content (AvgIpc) is 2.30. The van der Waals surface area contributed by atoms with Crippen molar-refractivity contribution < 1.29 is 8.42 Å². The van der Waals surface area contributed by atoms with Crippen LogP contribution < -0.4 is 4.72 Å². The van der Waals surface area contributed by atoms with Crippen LogP contribution in [0.5, 0.6) is 0 Å². The van der Waals surface area contributed by atoms with E-state index in [-0.39, 0.29) is 5.75 Å². The summed E-state index contributed by atoms with van der Waals surface area (Å²) in [5.41, 5.74) is 2.51. The van der Waals surface area contributed by atoms with Crippen molar-refractivity contribution in [2.75, 3.05) is 12.3 Å². The molecule has 19 heavy (non-hydrogen) atoms. The highest BCUT2D eigenvalue weighted by Crippen LogP contribution is 2.10. The first-order valence-electron chi connectivity index (χ1n) is 6.98. The minimum atomic E-state index is -3.08. The lowest BCUT2D eigenvalue weighted by atomic mass is 10.0. The molecule has 0 fully saturated rings. The number of rotatable bonds is 8. The maximum Gasteiger partial charge on any atom is 0.211 e. The van der Waals surface area contributed by atoms with Crippen molar-refractivity contribution in [3.63, 3.8) is 0 Å². The van der Waals surface area contributed by atoms with Crippen molar-refractivity contribution >= 4 is 10.0 Å². The molecule has 1 aromatic carbocycles. The molecule has 0 saturated heterocycles. The number of benzene rings is 1. The normalized spacial score (nSPS) is 12.0. The second-order valence-corrected chi connectivity index (χ2v) is 7.30. The van der Waals surface area contributed by atoms with Gasteiger partial charge >= 0.3 is 0 Å². The molecule has 0 spiro atoms. The molecule has 0 aliphatic carbocycles. The lowest BCUT2D eigenvalue weighted by Gasteiger charge is -2.08. The molecule has 0 aliphatic heterocycles. The molecule has 0 aliphatic rings. The van der Waals surface area contributed by atoms with Crippen LogP contribution in [0.15, 0.2) is 24.3 Å². The van der Waals surface area contributed by atoms with Crippen LogP contribution in [-0.4, -0.2) is 20.7 Å². The zero-order chi connectivity index (χ0) is 14.3. The summed E-state index contributed by atoms with van der Waals surface area (Å²) in [5, 5.41) is 0. The van der Waals surface area contributed by atoms with Crippen LogP contribution in [0, 0.1) is 5.92 Å². The van der Waals surface area contributed by atoms with Crippen LogP contribution in [0.25, 0.3) is 0 Å². The van der Waals surface area contributed by atoms with Crippen LogP contribution in [0.1, 0.15) is 38.3 Å². The Hall–Kier alpha value is -0.870. The van der Waals surface area contributed by atoms with E-state index in [1.807, 2.05) is 6.92 Å². The first-order chi connectivity index (χ1) is 8.93. The van der Waals surface area contributed by atoms with E-state index in [0.717, 1.165) is 12.8 Å². The predicted octanol–water partition coefficient (Wildman–Crippen LogP) is 2.76. The van der Waals surface area contributed by atoms with Gasteiger partial charge in [-0.1, -0.05) is 45.0 Å². The summed E-state index contributed by atoms with van der Waals surface area (Å²) in [7, 11) is -3.08. The van der Waals surface area contributed by atoms with E-state index in [1.54, 1.807) is 0 Å². The minimum absolute atomic E-state index is 0.209. The maximum absolute atomic E-state index is 11.5. The third kappa shape index (κ3) is 6.73. The van der Waals surface area contributed by atoms with Gasteiger partial charge in [0, 0.05) is 6.54 Å². The Labute approximate surface area is 117 Å². The van der Waals surface area contributed by atoms with Crippen LogP contribution in [0.2, 0.25) is 0 Å². The van der Waals surface area contributed by atoms with Gasteiger partial charge in [0.05, 0.1) is 5.75 Å². The van der Waals surface area contributed by atoms with Gasteiger partial charge in [-0.05, 0) is 36.3 Å². The van der Waals surface area contributed by atoms with Crippen molar-refractivity contribution in [2.24, 2.45) is 5.92 Å². The minimum Gasteiger partial charge on any atom is -0.215 e. The molecule has 0 atom stereocenters. The van der Waals surface area contributed by atoms with E-state index < -0.39 is 10.0 Å². The van der Waals surface area contributed by atoms with Crippen molar-refractivity contribution in [1.29, 1.82) is 0 Å². The molecule has 0 aromatic heterocycles. The smallest absolute Gasteiger partial charge is 0.211 e. The first-order valence-corrected chi connectivity index (χ1v) is 8.63. The van der Waals surface area contributed by atoms with Crippen molar-refractivity contribution in [2.45, 2.75) is 40.0 Å². The Kier molecular flexibility index (Phi) is 6.52. The lowest BCUT2D eigenvalue weighted by molar-refractivity contribution is 0.580. The summed E-state index contributed by atoms with van der Waals surface area (Å²) >= 11 is 0. The molecule has 0 amide bonds. The highest BCUT2D eigenvalue weighted by atomic mass is 32.2. The second kappa shape index (κ2) is 7.65. The summed E-state index contributed by atoms with van der Waals surface area (Å²) in [4.78, 5) is 0. The zero-order valence-electron chi connectivity index (χ0n) is 12.1. The number of hydrogen-bond donors (Lipinski definition) is 1. The summed E-state index contributed by atoms with van der Waals surface area (Å²) in [5.74, 6) is 0.868. The largest absolute Gasteiger partial charge is 0.215 e. The molecule has 3 nitrogen and oxygen atoms in total. The van der Waals surface area contributed by atoms with Crippen LogP contribution >= 0.6 is 0 Å². The summed E-state index contributed by atoms with van der Waals surface area (Å²) in [6, 6.07) is 8.45. The summed E-state index contributed by atoms with van der Waals surface area (Å²) in [6.07, 6.45) is 2.48. The van der Waals surface area contributed by atoms with Crippen molar-refractivity contribution in [3.8, 4) is 0 Å². The first kappa shape index (κ1) is 16.2. The summed E-state index contributed by atoms with van der Waals surface area (Å²) < 4.78 is 25.6. The van der Waals surface area contributed by atoms with Gasteiger partial charge in [0.25, 0.3) is 0 Å². The SMILES string of the molecule is CCCS(=O)(=O)NCCc1ccc(CC(C)C)cc1. The highest BCUT2D eigenvalue weighted by Gasteiger charge is 2.07. The maximum atomic E-state index is 11.5. The monoisotopic (exact) mass is 283 g/mol. The van der Waals surface area contributed by atoms with E-state index in [0.29, 0.717) is 18.9 Å². The molecule has 0 bridgehead atoms. The standard InChI is InChI=1S/C15H25NO2S/c1-4-11-19(17,18)16-10-9-14-5-7-15(8-6-14)12-13(2)3/h5-8,13,16H,4,9-12H2,1-3H3. The Balaban J connectivity index is 2.42. The molecule has 0 unspecified atom stereocenters. The van der Waals surface area contributed by atoms with Gasteiger partial charge in [-0.25, -0.2) is 13.1 Å². The van der Waals surface area contributed by atoms with Crippen molar-refractivity contribution in [3.05, 3.63) is 35.4 Å². The van der Waals surface area contributed by atoms with Gasteiger partial charge in [0.1, 0.15) is 0 Å². The van der Waals surface area contributed by atoms with Crippen molar-refractivity contribution in [1.82, 2.24) is 4.72 Å². The number of nitrogens with one attached hydrogen (secondary N) is 1. The average molecular weight is 283 g/mol. The number of hydrogen-bond acceptors (Lipinski definition) is 2. The topological polar surface area (TPSA) is 46.2 Å². The van der Waals surface area contributed by atoms with Crippen LogP contribution in [-0.2, 0) is 22.9 Å². The fraction of sp³-hybridized carbons (Fsp3) is 0.600. The quantitative estimate of drug-likeness (QED) is 0.797. The molecule has 1 rings (SSSR count). The van der Waals surface area contributed by atoms with Gasteiger partial charge in [-0.15, -0.1) is 0 Å². The fourth-order valence-electron chi connectivity index (χ4n) is 2.01. The van der Waals surface area contributed by atoms with Gasteiger partial charge in [0.2, 0.25) is 10.0 Å². The van der Waals surface area contributed by atoms with Gasteiger partial charge in [-0.2, -0.15) is 0 Å². The molecular formula is C15H25NO2S. The fourth-order valence-corrected chi connectivity index (χ4v) is 3.10. The summed E-state index contributed by atoms with van der Waals surface area (Å²) in [6.45, 7) is 6.76. The van der Waals surface area contributed by atoms with E-state index in [1.165, 1.54) is 11.1 Å². The molecule has 0 radical (unpaired) electrons. The zero-order valence-corrected chi connectivity index (χ0v) is 13.0. The van der Waals surface area contributed by atoms with Crippen LogP contribution in [0.4, 0.5) is 0 Å². The molecule has 0 saturated carbocycles. The molecular weight excluding hydrogens is 258 g/mol.